The summed E-state index contributed by atoms with van der Waals surface area (Å²) in [5, 5.41) is 13.4. The van der Waals surface area contributed by atoms with E-state index < -0.39 is 10.8 Å². The normalized spacial score (nSPS) is 10.5. The number of anilines is 1. The number of carbonyl (C=O) groups is 1. The van der Waals surface area contributed by atoms with Crippen LogP contribution in [-0.4, -0.2) is 20.8 Å². The fraction of sp³-hybridized carbons (Fsp3) is 0.118. The Balaban J connectivity index is 1.82. The number of non-ortho nitro benzene ring substituents is 1. The number of nitro benzene ring substituents is 1. The van der Waals surface area contributed by atoms with E-state index in [1.165, 1.54) is 18.2 Å². The maximum absolute atomic E-state index is 12.3. The topological polar surface area (TPSA) is 111 Å². The van der Waals surface area contributed by atoms with Crippen molar-refractivity contribution >= 4 is 17.5 Å². The van der Waals surface area contributed by atoms with E-state index in [2.05, 4.69) is 15.3 Å². The van der Waals surface area contributed by atoms with Crippen LogP contribution in [0.3, 0.4) is 0 Å². The summed E-state index contributed by atoms with van der Waals surface area (Å²) in [6.07, 6.45) is 0. The number of furan rings is 1. The predicted molar refractivity (Wildman–Crippen MR) is 90.3 cm³/mol. The van der Waals surface area contributed by atoms with E-state index >= 15 is 0 Å². The molecule has 1 aromatic carbocycles. The molecule has 1 N–H and O–H groups in total. The van der Waals surface area contributed by atoms with E-state index in [-0.39, 0.29) is 17.4 Å². The molecule has 3 aromatic rings. The van der Waals surface area contributed by atoms with Gasteiger partial charge in [-0.2, -0.15) is 0 Å². The Morgan fingerprint density at radius 1 is 1.12 bits per heavy atom. The van der Waals surface area contributed by atoms with Gasteiger partial charge in [0.15, 0.2) is 5.76 Å². The lowest BCUT2D eigenvalue weighted by Gasteiger charge is -2.04. The van der Waals surface area contributed by atoms with Gasteiger partial charge in [0, 0.05) is 29.1 Å². The molecule has 0 saturated heterocycles. The highest BCUT2D eigenvalue weighted by atomic mass is 16.6. The van der Waals surface area contributed by atoms with Crippen LogP contribution in [0.1, 0.15) is 21.9 Å². The molecule has 0 saturated carbocycles. The van der Waals surface area contributed by atoms with E-state index in [1.807, 2.05) is 0 Å². The van der Waals surface area contributed by atoms with Gasteiger partial charge in [-0.1, -0.05) is 12.1 Å². The van der Waals surface area contributed by atoms with Crippen molar-refractivity contribution in [2.75, 3.05) is 5.32 Å². The van der Waals surface area contributed by atoms with Crippen LogP contribution in [0.2, 0.25) is 0 Å². The minimum atomic E-state index is -0.498. The number of nitrogens with zero attached hydrogens (tertiary/aromatic N) is 3. The van der Waals surface area contributed by atoms with E-state index in [0.29, 0.717) is 11.3 Å². The molecular formula is C17H14N4O4. The van der Waals surface area contributed by atoms with Crippen LogP contribution in [-0.2, 0) is 0 Å². The molecule has 126 valence electrons. The smallest absolute Gasteiger partial charge is 0.293 e. The molecule has 8 heteroatoms. The highest BCUT2D eigenvalue weighted by molar-refractivity contribution is 6.01. The number of hydrogen-bond acceptors (Lipinski definition) is 6. The largest absolute Gasteiger partial charge is 0.451 e. The van der Waals surface area contributed by atoms with Gasteiger partial charge in [-0.05, 0) is 32.0 Å². The molecule has 0 aliphatic heterocycles. The van der Waals surface area contributed by atoms with Gasteiger partial charge in [0.25, 0.3) is 11.6 Å². The van der Waals surface area contributed by atoms with Crippen molar-refractivity contribution in [2.24, 2.45) is 0 Å². The van der Waals surface area contributed by atoms with Crippen molar-refractivity contribution in [1.82, 2.24) is 9.97 Å². The van der Waals surface area contributed by atoms with Crippen LogP contribution in [0.5, 0.6) is 0 Å². The fourth-order valence-electron chi connectivity index (χ4n) is 2.33. The molecule has 0 bridgehead atoms. The van der Waals surface area contributed by atoms with Gasteiger partial charge in [-0.15, -0.1) is 0 Å². The van der Waals surface area contributed by atoms with E-state index in [4.69, 9.17) is 4.42 Å². The maximum Gasteiger partial charge on any atom is 0.293 e. The molecule has 0 aliphatic carbocycles. The number of aromatic nitrogens is 2. The quantitative estimate of drug-likeness (QED) is 0.575. The Labute approximate surface area is 142 Å². The summed E-state index contributed by atoms with van der Waals surface area (Å²) in [6, 6.07) is 10.9. The zero-order chi connectivity index (χ0) is 18.0. The molecule has 2 heterocycles. The third-order valence-electron chi connectivity index (χ3n) is 3.38. The summed E-state index contributed by atoms with van der Waals surface area (Å²) in [6.45, 7) is 3.61. The molecule has 2 aromatic heterocycles. The van der Waals surface area contributed by atoms with Gasteiger partial charge in [-0.25, -0.2) is 9.97 Å². The van der Waals surface area contributed by atoms with Crippen molar-refractivity contribution in [2.45, 2.75) is 13.8 Å². The minimum Gasteiger partial charge on any atom is -0.451 e. The standard InChI is InChI=1S/C17H14N4O4/c1-10-8-11(2)19-17(18-10)20-16(22)15-7-6-14(25-15)12-4-3-5-13(9-12)21(23)24/h3-9H,1-2H3,(H,18,19,20,22). The summed E-state index contributed by atoms with van der Waals surface area (Å²) in [7, 11) is 0. The van der Waals surface area contributed by atoms with Crippen LogP contribution in [0.15, 0.2) is 46.9 Å². The Morgan fingerprint density at radius 2 is 1.84 bits per heavy atom. The van der Waals surface area contributed by atoms with Gasteiger partial charge in [0.2, 0.25) is 5.95 Å². The number of hydrogen-bond donors (Lipinski definition) is 1. The number of aryl methyl sites for hydroxylation is 2. The van der Waals surface area contributed by atoms with Gasteiger partial charge in [0.1, 0.15) is 5.76 Å². The molecule has 3 rings (SSSR count). The van der Waals surface area contributed by atoms with Crippen LogP contribution < -0.4 is 5.32 Å². The second kappa shape index (κ2) is 6.52. The Morgan fingerprint density at radius 3 is 2.52 bits per heavy atom. The van der Waals surface area contributed by atoms with Gasteiger partial charge >= 0.3 is 0 Å². The second-order valence-electron chi connectivity index (χ2n) is 5.40. The predicted octanol–water partition coefficient (Wildman–Crippen LogP) is 3.51. The molecule has 0 aliphatic rings. The molecule has 25 heavy (non-hydrogen) atoms. The first-order valence-electron chi connectivity index (χ1n) is 7.40. The van der Waals surface area contributed by atoms with Crippen molar-refractivity contribution in [1.29, 1.82) is 0 Å². The van der Waals surface area contributed by atoms with E-state index in [9.17, 15) is 14.9 Å². The fourth-order valence-corrected chi connectivity index (χ4v) is 2.33. The van der Waals surface area contributed by atoms with Crippen LogP contribution in [0, 0.1) is 24.0 Å². The number of carbonyl (C=O) groups excluding carboxylic acids is 1. The lowest BCUT2D eigenvalue weighted by atomic mass is 10.1. The number of rotatable bonds is 4. The van der Waals surface area contributed by atoms with E-state index in [0.717, 1.165) is 11.4 Å². The first-order valence-corrected chi connectivity index (χ1v) is 7.40. The lowest BCUT2D eigenvalue weighted by Crippen LogP contribution is -2.14. The molecular weight excluding hydrogens is 324 g/mol. The number of nitrogens with one attached hydrogen (secondary N) is 1. The zero-order valence-electron chi connectivity index (χ0n) is 13.5. The highest BCUT2D eigenvalue weighted by Crippen LogP contribution is 2.26. The van der Waals surface area contributed by atoms with Crippen molar-refractivity contribution in [3.8, 4) is 11.3 Å². The highest BCUT2D eigenvalue weighted by Gasteiger charge is 2.15. The van der Waals surface area contributed by atoms with E-state index in [1.54, 1.807) is 38.1 Å². The number of nitro groups is 1. The molecule has 0 fully saturated rings. The van der Waals surface area contributed by atoms with Crippen LogP contribution in [0.25, 0.3) is 11.3 Å². The minimum absolute atomic E-state index is 0.0523. The van der Waals surface area contributed by atoms with Crippen molar-refractivity contribution < 1.29 is 14.1 Å². The SMILES string of the molecule is Cc1cc(C)nc(NC(=O)c2ccc(-c3cccc([N+](=O)[O-])c3)o2)n1. The summed E-state index contributed by atoms with van der Waals surface area (Å²) in [5.74, 6) is 0.108. The van der Waals surface area contributed by atoms with Crippen LogP contribution in [0.4, 0.5) is 11.6 Å². The summed E-state index contributed by atoms with van der Waals surface area (Å²) in [5.41, 5.74) is 1.93. The Bertz CT molecular complexity index is 945. The maximum atomic E-state index is 12.3. The van der Waals surface area contributed by atoms with Gasteiger partial charge in [-0.3, -0.25) is 20.2 Å². The van der Waals surface area contributed by atoms with Gasteiger partial charge in [0.05, 0.1) is 4.92 Å². The average Bonchev–Trinajstić information content (AvgIpc) is 3.04. The molecule has 0 unspecified atom stereocenters. The monoisotopic (exact) mass is 338 g/mol. The molecule has 0 atom stereocenters. The molecule has 0 spiro atoms. The Hall–Kier alpha value is -3.55. The zero-order valence-corrected chi connectivity index (χ0v) is 13.5. The second-order valence-corrected chi connectivity index (χ2v) is 5.40. The Kier molecular flexibility index (Phi) is 4.25. The molecule has 1 amide bonds. The number of benzene rings is 1. The lowest BCUT2D eigenvalue weighted by molar-refractivity contribution is -0.384. The van der Waals surface area contributed by atoms with Gasteiger partial charge < -0.3 is 4.42 Å². The van der Waals surface area contributed by atoms with Crippen molar-refractivity contribution in [3.63, 3.8) is 0 Å². The third kappa shape index (κ3) is 3.69. The molecule has 0 radical (unpaired) electrons. The first-order chi connectivity index (χ1) is 11.9. The third-order valence-corrected chi connectivity index (χ3v) is 3.38. The van der Waals surface area contributed by atoms with Crippen LogP contribution >= 0.6 is 0 Å². The summed E-state index contributed by atoms with van der Waals surface area (Å²) >= 11 is 0. The number of amides is 1. The first kappa shape index (κ1) is 16.3. The average molecular weight is 338 g/mol. The summed E-state index contributed by atoms with van der Waals surface area (Å²) in [4.78, 5) is 30.9. The summed E-state index contributed by atoms with van der Waals surface area (Å²) < 4.78 is 5.51. The molecule has 8 nitrogen and oxygen atoms in total. The van der Waals surface area contributed by atoms with Crippen molar-refractivity contribution in [3.05, 3.63) is 69.7 Å².